The van der Waals surface area contributed by atoms with E-state index in [-0.39, 0.29) is 31.4 Å². The van der Waals surface area contributed by atoms with Crippen molar-refractivity contribution in [3.05, 3.63) is 12.2 Å². The Hall–Kier alpha value is -2.15. The maximum Gasteiger partial charge on any atom is 0.406 e. The van der Waals surface area contributed by atoms with Crippen molar-refractivity contribution in [1.82, 2.24) is 24.6 Å². The molecule has 31 heavy (non-hydrogen) atoms. The van der Waals surface area contributed by atoms with Gasteiger partial charge in [-0.05, 0) is 13.8 Å². The number of aliphatic hydroxyl groups is 1. The van der Waals surface area contributed by atoms with Crippen LogP contribution in [0, 0.1) is 6.92 Å². The number of nitrogens with one attached hydrogen (secondary N) is 1. The number of anilines is 1. The van der Waals surface area contributed by atoms with Gasteiger partial charge in [-0.2, -0.15) is 0 Å². The third kappa shape index (κ3) is 4.29. The number of nitrogen functional groups attached to an aromatic ring is 1. The van der Waals surface area contributed by atoms with Gasteiger partial charge in [-0.1, -0.05) is 6.92 Å². The molecule has 0 spiro atoms. The zero-order valence-electron chi connectivity index (χ0n) is 17.3. The maximum absolute atomic E-state index is 13.0. The number of carbonyl (C=O) groups excluding carboxylic acids is 1. The summed E-state index contributed by atoms with van der Waals surface area (Å²) in [4.78, 5) is 23.9. The third-order valence-corrected chi connectivity index (χ3v) is 6.74. The molecule has 2 unspecified atom stereocenters. The van der Waals surface area contributed by atoms with Crippen LogP contribution < -0.4 is 10.8 Å². The third-order valence-electron chi connectivity index (χ3n) is 4.97. The molecule has 13 nitrogen and oxygen atoms in total. The molecule has 0 amide bonds. The summed E-state index contributed by atoms with van der Waals surface area (Å²) in [5, 5.41) is 13.6. The normalized spacial score (nSPS) is 31.5. The molecule has 4 rings (SSSR count). The van der Waals surface area contributed by atoms with E-state index in [0.717, 1.165) is 0 Å². The summed E-state index contributed by atoms with van der Waals surface area (Å²) in [5.41, 5.74) is 6.69. The second-order valence-corrected chi connectivity index (χ2v) is 9.19. The highest BCUT2D eigenvalue weighted by atomic mass is 31.2. The van der Waals surface area contributed by atoms with E-state index in [1.54, 1.807) is 20.8 Å². The van der Waals surface area contributed by atoms with E-state index < -0.39 is 38.3 Å². The lowest BCUT2D eigenvalue weighted by atomic mass is 10.1. The zero-order chi connectivity index (χ0) is 22.3. The van der Waals surface area contributed by atoms with Crippen molar-refractivity contribution in [1.29, 1.82) is 0 Å². The topological polar surface area (TPSA) is 173 Å². The van der Waals surface area contributed by atoms with Gasteiger partial charge in [0.15, 0.2) is 17.7 Å². The Morgan fingerprint density at radius 3 is 3.03 bits per heavy atom. The highest BCUT2D eigenvalue weighted by Gasteiger charge is 2.53. The second kappa shape index (κ2) is 8.41. The molecule has 0 aromatic carbocycles. The fourth-order valence-corrected chi connectivity index (χ4v) is 5.24. The Bertz CT molecular complexity index is 1030. The zero-order valence-corrected chi connectivity index (χ0v) is 18.2. The van der Waals surface area contributed by atoms with Crippen LogP contribution in [-0.2, 0) is 27.9 Å². The van der Waals surface area contributed by atoms with Crippen LogP contribution in [0.2, 0.25) is 0 Å². The van der Waals surface area contributed by atoms with E-state index in [1.165, 1.54) is 10.9 Å². The Kier molecular flexibility index (Phi) is 5.99. The fraction of sp³-hybridized carbons (Fsp3) is 0.647. The molecule has 4 N–H and O–H groups in total. The molecule has 6 atom stereocenters. The van der Waals surface area contributed by atoms with Crippen molar-refractivity contribution >= 4 is 30.7 Å². The molecule has 2 fully saturated rings. The van der Waals surface area contributed by atoms with Crippen LogP contribution in [0.25, 0.3) is 11.2 Å². The van der Waals surface area contributed by atoms with Gasteiger partial charge in [0.2, 0.25) is 0 Å². The predicted octanol–water partition coefficient (Wildman–Crippen LogP) is 0.430. The lowest BCUT2D eigenvalue weighted by molar-refractivity contribution is -0.143. The van der Waals surface area contributed by atoms with Gasteiger partial charge in [0.1, 0.15) is 36.3 Å². The molecule has 0 saturated carbocycles. The SMILES string of the molecule is CCC(=O)OC[C@H](C)NP1(=O)OCC2O[C@@H](n3cnc4c(N)nc(C)nc43)[C@@H](O)[C@@H]2O1. The van der Waals surface area contributed by atoms with Crippen LogP contribution in [-0.4, -0.2) is 68.2 Å². The number of hydrogen-bond acceptors (Lipinski definition) is 11. The molecule has 2 aromatic rings. The first kappa shape index (κ1) is 22.1. The summed E-state index contributed by atoms with van der Waals surface area (Å²) < 4.78 is 36.5. The summed E-state index contributed by atoms with van der Waals surface area (Å²) in [6.45, 7) is 4.99. The maximum atomic E-state index is 13.0. The Labute approximate surface area is 177 Å². The molecule has 0 bridgehead atoms. The average molecular weight is 456 g/mol. The lowest BCUT2D eigenvalue weighted by Crippen LogP contribution is -2.43. The molecule has 0 aliphatic carbocycles. The smallest absolute Gasteiger partial charge is 0.406 e. The van der Waals surface area contributed by atoms with Gasteiger partial charge in [-0.25, -0.2) is 24.6 Å². The molecular weight excluding hydrogens is 431 g/mol. The van der Waals surface area contributed by atoms with E-state index in [0.29, 0.717) is 17.0 Å². The van der Waals surface area contributed by atoms with Crippen LogP contribution in [0.3, 0.4) is 0 Å². The number of fused-ring (bicyclic) bond motifs is 2. The number of nitrogens with two attached hydrogens (primary N) is 1. The standard InChI is InChI=1S/C17H25N6O7P/c1-4-11(24)27-5-8(2)22-31(26)28-6-10-14(30-31)13(25)17(29-10)23-7-19-12-15(18)20-9(3)21-16(12)23/h7-8,10,13-14,17,25H,4-6H2,1-3H3,(H,22,26)(H2,18,20,21)/t8-,10?,13-,14+,17+,31?/m0/s1. The monoisotopic (exact) mass is 456 g/mol. The number of esters is 1. The van der Waals surface area contributed by atoms with Gasteiger partial charge in [0, 0.05) is 12.5 Å². The summed E-state index contributed by atoms with van der Waals surface area (Å²) in [7, 11) is -3.76. The predicted molar refractivity (Wildman–Crippen MR) is 107 cm³/mol. The molecule has 2 aromatic heterocycles. The minimum absolute atomic E-state index is 0.000656. The quantitative estimate of drug-likeness (QED) is 0.405. The van der Waals surface area contributed by atoms with Gasteiger partial charge < -0.3 is 20.3 Å². The number of hydrogen-bond donors (Lipinski definition) is 3. The summed E-state index contributed by atoms with van der Waals surface area (Å²) in [5.74, 6) is 0.298. The lowest BCUT2D eigenvalue weighted by Gasteiger charge is -2.33. The van der Waals surface area contributed by atoms with E-state index in [4.69, 9.17) is 24.3 Å². The first-order chi connectivity index (χ1) is 14.7. The van der Waals surface area contributed by atoms with Crippen molar-refractivity contribution in [2.45, 2.75) is 57.8 Å². The second-order valence-electron chi connectivity index (χ2n) is 7.47. The van der Waals surface area contributed by atoms with Crippen molar-refractivity contribution < 1.29 is 33.0 Å². The molecule has 4 heterocycles. The molecule has 14 heteroatoms. The number of imidazole rings is 1. The number of rotatable bonds is 6. The number of aryl methyl sites for hydroxylation is 1. The van der Waals surface area contributed by atoms with Crippen molar-refractivity contribution in [3.63, 3.8) is 0 Å². The molecule has 0 radical (unpaired) electrons. The highest BCUT2D eigenvalue weighted by Crippen LogP contribution is 2.53. The molecule has 2 aliphatic rings. The van der Waals surface area contributed by atoms with Crippen LogP contribution in [0.5, 0.6) is 0 Å². The Balaban J connectivity index is 1.48. The van der Waals surface area contributed by atoms with E-state index in [9.17, 15) is 14.5 Å². The van der Waals surface area contributed by atoms with E-state index in [1.807, 2.05) is 0 Å². The minimum Gasteiger partial charge on any atom is -0.464 e. The minimum atomic E-state index is -3.76. The van der Waals surface area contributed by atoms with Crippen LogP contribution in [0.4, 0.5) is 5.82 Å². The number of carbonyl (C=O) groups is 1. The van der Waals surface area contributed by atoms with Gasteiger partial charge in [0.25, 0.3) is 0 Å². The van der Waals surface area contributed by atoms with E-state index in [2.05, 4.69) is 20.0 Å². The first-order valence-electron chi connectivity index (χ1n) is 9.87. The Morgan fingerprint density at radius 1 is 1.52 bits per heavy atom. The van der Waals surface area contributed by atoms with Gasteiger partial charge in [-0.3, -0.25) is 18.4 Å². The number of aliphatic hydroxyl groups excluding tert-OH is 1. The number of aromatic nitrogens is 4. The first-order valence-corrected chi connectivity index (χ1v) is 11.4. The van der Waals surface area contributed by atoms with Crippen LogP contribution >= 0.6 is 7.75 Å². The molecule has 2 aliphatic heterocycles. The highest BCUT2D eigenvalue weighted by molar-refractivity contribution is 7.51. The van der Waals surface area contributed by atoms with Gasteiger partial charge >= 0.3 is 13.7 Å². The van der Waals surface area contributed by atoms with Gasteiger partial charge in [0.05, 0.1) is 12.9 Å². The number of nitrogens with zero attached hydrogens (tertiary/aromatic N) is 4. The van der Waals surface area contributed by atoms with Gasteiger partial charge in [-0.15, -0.1) is 0 Å². The Morgan fingerprint density at radius 2 is 2.29 bits per heavy atom. The average Bonchev–Trinajstić information content (AvgIpc) is 3.27. The fourth-order valence-electron chi connectivity index (χ4n) is 3.51. The molecular formula is C17H25N6O7P. The van der Waals surface area contributed by atoms with Crippen LogP contribution in [0.1, 0.15) is 32.3 Å². The largest absolute Gasteiger partial charge is 0.464 e. The summed E-state index contributed by atoms with van der Waals surface area (Å²) in [6.07, 6.45) is -1.96. The molecule has 170 valence electrons. The van der Waals surface area contributed by atoms with Crippen molar-refractivity contribution in [3.8, 4) is 0 Å². The van der Waals surface area contributed by atoms with Crippen molar-refractivity contribution in [2.24, 2.45) is 0 Å². The van der Waals surface area contributed by atoms with Crippen LogP contribution in [0.15, 0.2) is 6.33 Å². The van der Waals surface area contributed by atoms with E-state index >= 15 is 0 Å². The molecule has 2 saturated heterocycles. The number of ether oxygens (including phenoxy) is 2. The summed E-state index contributed by atoms with van der Waals surface area (Å²) in [6, 6.07) is -0.492. The summed E-state index contributed by atoms with van der Waals surface area (Å²) >= 11 is 0. The van der Waals surface area contributed by atoms with Crippen molar-refractivity contribution in [2.75, 3.05) is 18.9 Å².